The number of fused-ring (bicyclic) bond motifs is 1. The smallest absolute Gasteiger partial charge is 0.226 e. The summed E-state index contributed by atoms with van der Waals surface area (Å²) in [7, 11) is 0. The molecule has 5 nitrogen and oxygen atoms in total. The molecule has 0 aliphatic rings. The molecule has 23 heavy (non-hydrogen) atoms. The number of hydrogen-bond acceptors (Lipinski definition) is 5. The van der Waals surface area contributed by atoms with Gasteiger partial charge in [-0.2, -0.15) is 0 Å². The molecule has 0 unspecified atom stereocenters. The van der Waals surface area contributed by atoms with Gasteiger partial charge in [0.05, 0.1) is 22.6 Å². The molecule has 3 rings (SSSR count). The first-order chi connectivity index (χ1) is 11.2. The Hall–Kier alpha value is -2.47. The topological polar surface area (TPSA) is 66.9 Å². The van der Waals surface area contributed by atoms with Crippen LogP contribution in [0, 0.1) is 6.92 Å². The van der Waals surface area contributed by atoms with Gasteiger partial charge in [0, 0.05) is 23.9 Å². The van der Waals surface area contributed by atoms with Gasteiger partial charge in [-0.05, 0) is 25.1 Å². The Balaban J connectivity index is 1.44. The number of rotatable bonds is 6. The van der Waals surface area contributed by atoms with Crippen LogP contribution in [0.1, 0.15) is 10.7 Å². The van der Waals surface area contributed by atoms with Gasteiger partial charge in [-0.1, -0.05) is 18.2 Å². The predicted molar refractivity (Wildman–Crippen MR) is 93.8 cm³/mol. The summed E-state index contributed by atoms with van der Waals surface area (Å²) in [6.07, 6.45) is 0.332. The number of nitrogens with one attached hydrogen (secondary N) is 2. The number of hydrogen-bond donors (Lipinski definition) is 2. The van der Waals surface area contributed by atoms with E-state index in [0.29, 0.717) is 19.5 Å². The van der Waals surface area contributed by atoms with E-state index in [4.69, 9.17) is 0 Å². The lowest BCUT2D eigenvalue weighted by molar-refractivity contribution is -0.120. The molecule has 2 N–H and O–H groups in total. The molecule has 2 aromatic heterocycles. The Morgan fingerprint density at radius 2 is 2.00 bits per heavy atom. The van der Waals surface area contributed by atoms with Crippen molar-refractivity contribution in [2.24, 2.45) is 0 Å². The second kappa shape index (κ2) is 7.19. The third-order valence-corrected chi connectivity index (χ3v) is 4.18. The van der Waals surface area contributed by atoms with Gasteiger partial charge in [0.25, 0.3) is 0 Å². The lowest BCUT2D eigenvalue weighted by Crippen LogP contribution is -2.30. The van der Waals surface area contributed by atoms with E-state index in [1.807, 2.05) is 48.7 Å². The van der Waals surface area contributed by atoms with E-state index < -0.39 is 0 Å². The predicted octanol–water partition coefficient (Wildman–Crippen LogP) is 2.77. The maximum atomic E-state index is 11.8. The van der Waals surface area contributed by atoms with Crippen LogP contribution in [0.2, 0.25) is 0 Å². The second-order valence-electron chi connectivity index (χ2n) is 5.20. The highest BCUT2D eigenvalue weighted by molar-refractivity contribution is 7.09. The Labute approximate surface area is 138 Å². The summed E-state index contributed by atoms with van der Waals surface area (Å²) in [6.45, 7) is 3.12. The molecule has 0 aliphatic carbocycles. The fourth-order valence-corrected chi connectivity index (χ4v) is 2.89. The van der Waals surface area contributed by atoms with Crippen LogP contribution in [0.15, 0.2) is 41.8 Å². The summed E-state index contributed by atoms with van der Waals surface area (Å²) in [5, 5.41) is 10.1. The van der Waals surface area contributed by atoms with Gasteiger partial charge in [0.2, 0.25) is 5.91 Å². The van der Waals surface area contributed by atoms with Crippen molar-refractivity contribution >= 4 is 34.0 Å². The van der Waals surface area contributed by atoms with Gasteiger partial charge in [-0.25, -0.2) is 9.97 Å². The quantitative estimate of drug-likeness (QED) is 0.684. The maximum Gasteiger partial charge on any atom is 0.226 e. The third kappa shape index (κ3) is 4.26. The average Bonchev–Trinajstić information content (AvgIpc) is 2.96. The van der Waals surface area contributed by atoms with Gasteiger partial charge in [-0.15, -0.1) is 11.3 Å². The maximum absolute atomic E-state index is 11.8. The van der Waals surface area contributed by atoms with E-state index in [2.05, 4.69) is 20.6 Å². The van der Waals surface area contributed by atoms with Gasteiger partial charge in [0.15, 0.2) is 0 Å². The van der Waals surface area contributed by atoms with Crippen molar-refractivity contribution in [3.05, 3.63) is 52.5 Å². The second-order valence-corrected chi connectivity index (χ2v) is 6.26. The number of aryl methyl sites for hydroxylation is 1. The number of benzene rings is 1. The summed E-state index contributed by atoms with van der Waals surface area (Å²) >= 11 is 1.56. The lowest BCUT2D eigenvalue weighted by atomic mass is 10.2. The zero-order valence-electron chi connectivity index (χ0n) is 12.9. The Kier molecular flexibility index (Phi) is 4.83. The lowest BCUT2D eigenvalue weighted by Gasteiger charge is -2.08. The van der Waals surface area contributed by atoms with Gasteiger partial charge >= 0.3 is 0 Å². The summed E-state index contributed by atoms with van der Waals surface area (Å²) in [5.41, 5.74) is 1.79. The van der Waals surface area contributed by atoms with E-state index in [1.54, 1.807) is 11.3 Å². The van der Waals surface area contributed by atoms with Crippen LogP contribution >= 0.6 is 11.3 Å². The first-order valence-electron chi connectivity index (χ1n) is 7.48. The van der Waals surface area contributed by atoms with Crippen molar-refractivity contribution in [3.63, 3.8) is 0 Å². The molecule has 0 spiro atoms. The van der Waals surface area contributed by atoms with Crippen LogP contribution in [-0.4, -0.2) is 29.0 Å². The molecule has 0 radical (unpaired) electrons. The fraction of sp³-hybridized carbons (Fsp3) is 0.235. The van der Waals surface area contributed by atoms with Crippen molar-refractivity contribution < 1.29 is 4.79 Å². The van der Waals surface area contributed by atoms with Crippen molar-refractivity contribution in [1.29, 1.82) is 0 Å². The minimum absolute atomic E-state index is 0.0106. The molecule has 1 aromatic carbocycles. The number of thiazole rings is 1. The van der Waals surface area contributed by atoms with E-state index in [-0.39, 0.29) is 5.91 Å². The molecule has 0 saturated carbocycles. The Morgan fingerprint density at radius 1 is 1.13 bits per heavy atom. The molecule has 1 amide bonds. The van der Waals surface area contributed by atoms with Crippen LogP contribution in [0.3, 0.4) is 0 Å². The molecule has 0 aliphatic heterocycles. The number of pyridine rings is 1. The normalized spacial score (nSPS) is 10.7. The average molecular weight is 326 g/mol. The summed E-state index contributed by atoms with van der Waals surface area (Å²) in [4.78, 5) is 20.6. The third-order valence-electron chi connectivity index (χ3n) is 3.36. The van der Waals surface area contributed by atoms with Crippen molar-refractivity contribution in [3.8, 4) is 0 Å². The van der Waals surface area contributed by atoms with E-state index >= 15 is 0 Å². The Morgan fingerprint density at radius 3 is 2.83 bits per heavy atom. The minimum atomic E-state index is -0.0106. The van der Waals surface area contributed by atoms with E-state index in [0.717, 1.165) is 27.4 Å². The molecular formula is C17H18N4OS. The fourth-order valence-electron chi connectivity index (χ4n) is 2.27. The SMILES string of the molecule is Cc1nc(CC(=O)NCCNc2ccc3ccccc3n2)cs1. The number of para-hydroxylation sites is 1. The molecule has 118 valence electrons. The standard InChI is InChI=1S/C17H18N4OS/c1-12-20-14(11-23-12)10-17(22)19-9-8-18-16-7-6-13-4-2-3-5-15(13)21-16/h2-7,11H,8-10H2,1H3,(H,18,21)(H,19,22). The van der Waals surface area contributed by atoms with Crippen LogP contribution in [0.4, 0.5) is 5.82 Å². The van der Waals surface area contributed by atoms with E-state index in [1.165, 1.54) is 0 Å². The minimum Gasteiger partial charge on any atom is -0.368 e. The van der Waals surface area contributed by atoms with Crippen molar-refractivity contribution in [1.82, 2.24) is 15.3 Å². The number of anilines is 1. The highest BCUT2D eigenvalue weighted by Crippen LogP contribution is 2.14. The van der Waals surface area contributed by atoms with Crippen LogP contribution < -0.4 is 10.6 Å². The summed E-state index contributed by atoms with van der Waals surface area (Å²) in [5.74, 6) is 0.802. The number of amides is 1. The molecule has 3 aromatic rings. The molecule has 0 bridgehead atoms. The number of carbonyl (C=O) groups excluding carboxylic acids is 1. The monoisotopic (exact) mass is 326 g/mol. The summed E-state index contributed by atoms with van der Waals surface area (Å²) in [6, 6.07) is 12.0. The van der Waals surface area contributed by atoms with Crippen LogP contribution in [0.25, 0.3) is 10.9 Å². The first kappa shape index (κ1) is 15.4. The van der Waals surface area contributed by atoms with Gasteiger partial charge in [0.1, 0.15) is 5.82 Å². The molecule has 0 fully saturated rings. The number of nitrogens with zero attached hydrogens (tertiary/aromatic N) is 2. The highest BCUT2D eigenvalue weighted by Gasteiger charge is 2.05. The van der Waals surface area contributed by atoms with Crippen molar-refractivity contribution in [2.45, 2.75) is 13.3 Å². The molecular weight excluding hydrogens is 308 g/mol. The number of carbonyl (C=O) groups is 1. The zero-order chi connectivity index (χ0) is 16.1. The van der Waals surface area contributed by atoms with Crippen LogP contribution in [0.5, 0.6) is 0 Å². The van der Waals surface area contributed by atoms with Crippen molar-refractivity contribution in [2.75, 3.05) is 18.4 Å². The summed E-state index contributed by atoms with van der Waals surface area (Å²) < 4.78 is 0. The first-order valence-corrected chi connectivity index (χ1v) is 8.36. The van der Waals surface area contributed by atoms with Gasteiger partial charge < -0.3 is 10.6 Å². The molecule has 0 atom stereocenters. The van der Waals surface area contributed by atoms with E-state index in [9.17, 15) is 4.79 Å². The number of aromatic nitrogens is 2. The molecule has 0 saturated heterocycles. The van der Waals surface area contributed by atoms with Crippen LogP contribution in [-0.2, 0) is 11.2 Å². The zero-order valence-corrected chi connectivity index (χ0v) is 13.7. The van der Waals surface area contributed by atoms with Gasteiger partial charge in [-0.3, -0.25) is 4.79 Å². The molecule has 6 heteroatoms. The Bertz CT molecular complexity index is 815. The highest BCUT2D eigenvalue weighted by atomic mass is 32.1. The largest absolute Gasteiger partial charge is 0.368 e. The molecule has 2 heterocycles.